The average molecular weight is 397 g/mol. The Labute approximate surface area is 158 Å². The van der Waals surface area contributed by atoms with E-state index in [1.165, 1.54) is 36.7 Å². The fraction of sp³-hybridized carbons (Fsp3) is 0.556. The van der Waals surface area contributed by atoms with E-state index in [4.69, 9.17) is 4.42 Å². The van der Waals surface area contributed by atoms with Crippen LogP contribution in [0.1, 0.15) is 39.5 Å². The number of hydrogen-bond acceptors (Lipinski definition) is 6. The van der Waals surface area contributed by atoms with E-state index >= 15 is 0 Å². The molecule has 26 heavy (non-hydrogen) atoms. The third-order valence-electron chi connectivity index (χ3n) is 4.62. The molecule has 142 valence electrons. The number of likely N-dealkylation sites (tertiary alicyclic amines) is 1. The maximum Gasteiger partial charge on any atom is 0.257 e. The van der Waals surface area contributed by atoms with Crippen molar-refractivity contribution >= 4 is 38.6 Å². The van der Waals surface area contributed by atoms with Crippen molar-refractivity contribution in [3.8, 4) is 0 Å². The summed E-state index contributed by atoms with van der Waals surface area (Å²) in [5, 5.41) is 0.0988. The van der Waals surface area contributed by atoms with Crippen molar-refractivity contribution in [2.24, 2.45) is 0 Å². The highest BCUT2D eigenvalue weighted by Crippen LogP contribution is 2.29. The Hall–Kier alpha value is -1.54. The van der Waals surface area contributed by atoms with E-state index < -0.39 is 9.84 Å². The van der Waals surface area contributed by atoms with Gasteiger partial charge < -0.3 is 9.32 Å². The molecule has 0 radical (unpaired) electrons. The lowest BCUT2D eigenvalue weighted by Gasteiger charge is -2.23. The summed E-state index contributed by atoms with van der Waals surface area (Å²) in [6.07, 6.45) is 4.47. The van der Waals surface area contributed by atoms with Crippen LogP contribution in [0.15, 0.2) is 32.7 Å². The molecule has 0 bridgehead atoms. The van der Waals surface area contributed by atoms with Gasteiger partial charge in [-0.15, -0.1) is 0 Å². The molecular weight excluding hydrogens is 372 g/mol. The van der Waals surface area contributed by atoms with Crippen molar-refractivity contribution in [2.45, 2.75) is 54.9 Å². The topological polar surface area (TPSA) is 80.5 Å². The second kappa shape index (κ2) is 8.00. The second-order valence-electron chi connectivity index (χ2n) is 6.51. The third kappa shape index (κ3) is 4.23. The van der Waals surface area contributed by atoms with Gasteiger partial charge in [-0.1, -0.05) is 31.5 Å². The smallest absolute Gasteiger partial charge is 0.257 e. The molecular formula is C18H24N2O4S2. The fourth-order valence-corrected chi connectivity index (χ4v) is 4.79. The Balaban J connectivity index is 1.75. The second-order valence-corrected chi connectivity index (χ2v) is 10.1. The first-order valence-corrected chi connectivity index (χ1v) is 11.5. The molecule has 1 aromatic carbocycles. The standard InChI is InChI=1S/C18H24N2O4S2/c1-3-26(22,23)14-8-9-16-15(12-14)19-18(24-16)25-13(2)17(21)20-10-6-4-5-7-11-20/h8-9,12-13H,3-7,10-11H2,1-2H3/t13-/m0/s1. The van der Waals surface area contributed by atoms with E-state index in [1.807, 2.05) is 11.8 Å². The van der Waals surface area contributed by atoms with Crippen LogP contribution in [-0.4, -0.2) is 48.3 Å². The molecule has 0 spiro atoms. The van der Waals surface area contributed by atoms with E-state index in [2.05, 4.69) is 4.98 Å². The Kier molecular flexibility index (Phi) is 5.92. The van der Waals surface area contributed by atoms with Gasteiger partial charge in [-0.05, 0) is 38.0 Å². The molecule has 2 aromatic rings. The lowest BCUT2D eigenvalue weighted by molar-refractivity contribution is -0.130. The van der Waals surface area contributed by atoms with Gasteiger partial charge in [-0.2, -0.15) is 0 Å². The molecule has 1 fully saturated rings. The number of sulfone groups is 1. The zero-order valence-electron chi connectivity index (χ0n) is 15.1. The van der Waals surface area contributed by atoms with Crippen molar-refractivity contribution in [3.63, 3.8) is 0 Å². The molecule has 0 unspecified atom stereocenters. The number of benzene rings is 1. The highest BCUT2D eigenvalue weighted by Gasteiger charge is 2.24. The van der Waals surface area contributed by atoms with Crippen molar-refractivity contribution in [1.29, 1.82) is 0 Å². The highest BCUT2D eigenvalue weighted by atomic mass is 32.2. The molecule has 1 amide bonds. The number of aromatic nitrogens is 1. The van der Waals surface area contributed by atoms with E-state index in [0.717, 1.165) is 25.9 Å². The molecule has 1 atom stereocenters. The van der Waals surface area contributed by atoms with Crippen LogP contribution in [0, 0.1) is 0 Å². The molecule has 0 N–H and O–H groups in total. The lowest BCUT2D eigenvalue weighted by Crippen LogP contribution is -2.37. The Morgan fingerprint density at radius 1 is 1.27 bits per heavy atom. The van der Waals surface area contributed by atoms with Crippen molar-refractivity contribution in [2.75, 3.05) is 18.8 Å². The van der Waals surface area contributed by atoms with E-state index in [-0.39, 0.29) is 21.8 Å². The number of fused-ring (bicyclic) bond motifs is 1. The van der Waals surface area contributed by atoms with Crippen LogP contribution < -0.4 is 0 Å². The summed E-state index contributed by atoms with van der Waals surface area (Å²) in [4.78, 5) is 19.2. The molecule has 1 aliphatic rings. The largest absolute Gasteiger partial charge is 0.431 e. The Morgan fingerprint density at radius 3 is 2.62 bits per heavy atom. The van der Waals surface area contributed by atoms with Crippen molar-refractivity contribution < 1.29 is 17.6 Å². The number of thioether (sulfide) groups is 1. The third-order valence-corrected chi connectivity index (χ3v) is 7.29. The first kappa shape index (κ1) is 19.2. The minimum absolute atomic E-state index is 0.0410. The number of amides is 1. The van der Waals surface area contributed by atoms with Crippen LogP contribution in [0.4, 0.5) is 0 Å². The minimum atomic E-state index is -3.28. The molecule has 0 saturated carbocycles. The van der Waals surface area contributed by atoms with Crippen LogP contribution in [0.2, 0.25) is 0 Å². The van der Waals surface area contributed by atoms with Crippen LogP contribution in [0.3, 0.4) is 0 Å². The zero-order chi connectivity index (χ0) is 18.7. The molecule has 1 saturated heterocycles. The zero-order valence-corrected chi connectivity index (χ0v) is 16.7. The monoisotopic (exact) mass is 396 g/mol. The van der Waals surface area contributed by atoms with Gasteiger partial charge in [-0.25, -0.2) is 13.4 Å². The molecule has 3 rings (SSSR count). The van der Waals surface area contributed by atoms with E-state index in [1.54, 1.807) is 13.0 Å². The maximum absolute atomic E-state index is 12.7. The summed E-state index contributed by atoms with van der Waals surface area (Å²) >= 11 is 1.28. The van der Waals surface area contributed by atoms with Crippen LogP contribution in [0.25, 0.3) is 11.1 Å². The Morgan fingerprint density at radius 2 is 1.96 bits per heavy atom. The normalized spacial score (nSPS) is 17.2. The summed E-state index contributed by atoms with van der Waals surface area (Å²) in [5.74, 6) is 0.146. The first-order valence-electron chi connectivity index (χ1n) is 8.99. The quantitative estimate of drug-likeness (QED) is 0.720. The molecule has 2 heterocycles. The van der Waals surface area contributed by atoms with Gasteiger partial charge in [0.05, 0.1) is 15.9 Å². The molecule has 8 heteroatoms. The highest BCUT2D eigenvalue weighted by molar-refractivity contribution is 8.00. The summed E-state index contributed by atoms with van der Waals surface area (Å²) in [6, 6.07) is 4.69. The number of carbonyl (C=O) groups excluding carboxylic acids is 1. The summed E-state index contributed by atoms with van der Waals surface area (Å²) in [7, 11) is -3.28. The number of hydrogen-bond donors (Lipinski definition) is 0. The first-order chi connectivity index (χ1) is 12.4. The molecule has 0 aliphatic carbocycles. The van der Waals surface area contributed by atoms with Gasteiger partial charge in [0, 0.05) is 13.1 Å². The average Bonchev–Trinajstić information content (AvgIpc) is 2.83. The van der Waals surface area contributed by atoms with Gasteiger partial charge >= 0.3 is 0 Å². The molecule has 6 nitrogen and oxygen atoms in total. The lowest BCUT2D eigenvalue weighted by atomic mass is 10.2. The molecule has 1 aromatic heterocycles. The van der Waals surface area contributed by atoms with Gasteiger partial charge in [-0.3, -0.25) is 4.79 Å². The SMILES string of the molecule is CCS(=O)(=O)c1ccc2oc(S[C@@H](C)C(=O)N3CCCCCC3)nc2c1. The van der Waals surface area contributed by atoms with Crippen molar-refractivity contribution in [3.05, 3.63) is 18.2 Å². The summed E-state index contributed by atoms with van der Waals surface area (Å²) in [6.45, 7) is 5.10. The van der Waals surface area contributed by atoms with Gasteiger partial charge in [0.2, 0.25) is 5.91 Å². The van der Waals surface area contributed by atoms with Gasteiger partial charge in [0.1, 0.15) is 5.52 Å². The Bertz CT molecular complexity index is 884. The maximum atomic E-state index is 12.7. The van der Waals surface area contributed by atoms with Crippen molar-refractivity contribution in [1.82, 2.24) is 9.88 Å². The fourth-order valence-electron chi connectivity index (χ4n) is 3.05. The van der Waals surface area contributed by atoms with Gasteiger partial charge in [0.15, 0.2) is 15.4 Å². The number of oxazole rings is 1. The number of nitrogens with zero attached hydrogens (tertiary/aromatic N) is 2. The van der Waals surface area contributed by atoms with Crippen LogP contribution in [0.5, 0.6) is 0 Å². The summed E-state index contributed by atoms with van der Waals surface area (Å²) < 4.78 is 29.7. The van der Waals surface area contributed by atoms with Gasteiger partial charge in [0.25, 0.3) is 5.22 Å². The summed E-state index contributed by atoms with van der Waals surface area (Å²) in [5.41, 5.74) is 1.02. The van der Waals surface area contributed by atoms with E-state index in [0.29, 0.717) is 16.3 Å². The number of carbonyl (C=O) groups is 1. The van der Waals surface area contributed by atoms with E-state index in [9.17, 15) is 13.2 Å². The minimum Gasteiger partial charge on any atom is -0.431 e. The predicted molar refractivity (Wildman–Crippen MR) is 102 cm³/mol. The predicted octanol–water partition coefficient (Wildman–Crippen LogP) is 3.50. The van der Waals surface area contributed by atoms with Crippen LogP contribution >= 0.6 is 11.8 Å². The number of rotatable bonds is 5. The molecule has 1 aliphatic heterocycles. The van der Waals surface area contributed by atoms with Crippen LogP contribution in [-0.2, 0) is 14.6 Å².